The van der Waals surface area contributed by atoms with Crippen molar-refractivity contribution in [1.82, 2.24) is 10.3 Å². The number of aromatic nitrogens is 1. The summed E-state index contributed by atoms with van der Waals surface area (Å²) in [4.78, 5) is 14.5. The number of benzene rings is 1. The lowest BCUT2D eigenvalue weighted by atomic mass is 10.2. The van der Waals surface area contributed by atoms with Gasteiger partial charge in [0.2, 0.25) is 0 Å². The summed E-state index contributed by atoms with van der Waals surface area (Å²) < 4.78 is 0.496. The van der Waals surface area contributed by atoms with Gasteiger partial charge < -0.3 is 5.32 Å². The van der Waals surface area contributed by atoms with E-state index in [9.17, 15) is 10.1 Å². The number of nitro benzene ring substituents is 1. The van der Waals surface area contributed by atoms with Gasteiger partial charge in [0.15, 0.2) is 0 Å². The minimum atomic E-state index is -0.394. The van der Waals surface area contributed by atoms with E-state index in [4.69, 9.17) is 0 Å². The van der Waals surface area contributed by atoms with Crippen molar-refractivity contribution < 1.29 is 4.92 Å². The number of nitro groups is 1. The van der Waals surface area contributed by atoms with Crippen molar-refractivity contribution in [3.63, 3.8) is 0 Å². The molecule has 2 aromatic rings. The topological polar surface area (TPSA) is 68.1 Å². The van der Waals surface area contributed by atoms with Gasteiger partial charge >= 0.3 is 0 Å². The van der Waals surface area contributed by atoms with E-state index in [-0.39, 0.29) is 5.69 Å². The van der Waals surface area contributed by atoms with Crippen molar-refractivity contribution >= 4 is 33.0 Å². The van der Waals surface area contributed by atoms with Crippen molar-refractivity contribution in [3.05, 3.63) is 54.9 Å². The normalized spacial score (nSPS) is 10.5. The largest absolute Gasteiger partial charge is 0.306 e. The summed E-state index contributed by atoms with van der Waals surface area (Å²) in [6.45, 7) is 1.25. The van der Waals surface area contributed by atoms with Crippen LogP contribution in [0.4, 0.5) is 5.69 Å². The average Bonchev–Trinajstić information content (AvgIpc) is 2.84. The fraction of sp³-hybridized carbons (Fsp3) is 0.182. The molecule has 94 valence electrons. The molecule has 0 saturated carbocycles. The first-order valence-electron chi connectivity index (χ1n) is 5.18. The molecule has 0 aliphatic carbocycles. The maximum Gasteiger partial charge on any atom is 0.283 e. The molecule has 1 heterocycles. The molecule has 1 aromatic carbocycles. The quantitative estimate of drug-likeness (QED) is 0.676. The molecule has 0 aliphatic rings. The number of halogens is 1. The highest BCUT2D eigenvalue weighted by Gasteiger charge is 2.11. The first-order valence-corrected chi connectivity index (χ1v) is 6.86. The Labute approximate surface area is 116 Å². The van der Waals surface area contributed by atoms with E-state index < -0.39 is 4.92 Å². The predicted octanol–water partition coefficient (Wildman–Crippen LogP) is 3.10. The molecule has 5 nitrogen and oxygen atoms in total. The Morgan fingerprint density at radius 1 is 1.44 bits per heavy atom. The average molecular weight is 328 g/mol. The fourth-order valence-corrected chi connectivity index (χ4v) is 2.44. The third-order valence-electron chi connectivity index (χ3n) is 2.30. The van der Waals surface area contributed by atoms with Crippen LogP contribution in [0.25, 0.3) is 0 Å². The Bertz CT molecular complexity index is 545. The van der Waals surface area contributed by atoms with Crippen molar-refractivity contribution in [1.29, 1.82) is 0 Å². The van der Waals surface area contributed by atoms with Gasteiger partial charge in [0.25, 0.3) is 5.69 Å². The molecule has 18 heavy (non-hydrogen) atoms. The maximum atomic E-state index is 10.8. The molecule has 0 unspecified atom stereocenters. The number of nitrogens with one attached hydrogen (secondary N) is 1. The highest BCUT2D eigenvalue weighted by atomic mass is 79.9. The van der Waals surface area contributed by atoms with Gasteiger partial charge in [-0.25, -0.2) is 4.98 Å². The molecule has 7 heteroatoms. The van der Waals surface area contributed by atoms with Gasteiger partial charge in [0.05, 0.1) is 9.40 Å². The first kappa shape index (κ1) is 13.1. The summed E-state index contributed by atoms with van der Waals surface area (Å²) in [6, 6.07) is 5.11. The minimum Gasteiger partial charge on any atom is -0.306 e. The van der Waals surface area contributed by atoms with Gasteiger partial charge in [-0.2, -0.15) is 0 Å². The van der Waals surface area contributed by atoms with Crippen LogP contribution in [-0.4, -0.2) is 9.91 Å². The highest BCUT2D eigenvalue weighted by molar-refractivity contribution is 9.10. The highest BCUT2D eigenvalue weighted by Crippen LogP contribution is 2.25. The smallest absolute Gasteiger partial charge is 0.283 e. The number of hydrogen-bond donors (Lipinski definition) is 1. The van der Waals surface area contributed by atoms with Crippen LogP contribution < -0.4 is 5.32 Å². The van der Waals surface area contributed by atoms with Crippen LogP contribution in [0.3, 0.4) is 0 Å². The van der Waals surface area contributed by atoms with Gasteiger partial charge in [-0.15, -0.1) is 11.3 Å². The summed E-state index contributed by atoms with van der Waals surface area (Å²) in [5.41, 5.74) is 0.963. The van der Waals surface area contributed by atoms with Gasteiger partial charge in [0.1, 0.15) is 5.01 Å². The molecule has 0 saturated heterocycles. The summed E-state index contributed by atoms with van der Waals surface area (Å²) in [7, 11) is 0. The molecular formula is C11H10BrN3O2S. The first-order chi connectivity index (χ1) is 8.66. The van der Waals surface area contributed by atoms with Crippen molar-refractivity contribution in [2.75, 3.05) is 0 Å². The Morgan fingerprint density at radius 3 is 2.94 bits per heavy atom. The molecular weight excluding hydrogens is 318 g/mol. The van der Waals surface area contributed by atoms with Crippen molar-refractivity contribution in [3.8, 4) is 0 Å². The van der Waals surface area contributed by atoms with Gasteiger partial charge in [-0.05, 0) is 27.6 Å². The molecule has 0 amide bonds. The summed E-state index contributed by atoms with van der Waals surface area (Å²) in [5.74, 6) is 0. The van der Waals surface area contributed by atoms with Crippen LogP contribution in [0, 0.1) is 10.1 Å². The van der Waals surface area contributed by atoms with Crippen LogP contribution in [-0.2, 0) is 13.1 Å². The van der Waals surface area contributed by atoms with Gasteiger partial charge in [-0.1, -0.05) is 6.07 Å². The zero-order valence-electron chi connectivity index (χ0n) is 9.30. The SMILES string of the molecule is O=[N+]([O-])c1cc(CNCc2nccs2)ccc1Br. The second-order valence-corrected chi connectivity index (χ2v) is 5.41. The maximum absolute atomic E-state index is 10.8. The summed E-state index contributed by atoms with van der Waals surface area (Å²) >= 11 is 4.74. The number of hydrogen-bond acceptors (Lipinski definition) is 5. The monoisotopic (exact) mass is 327 g/mol. The molecule has 0 atom stereocenters. The second-order valence-electron chi connectivity index (χ2n) is 3.57. The molecule has 2 rings (SSSR count). The number of rotatable bonds is 5. The lowest BCUT2D eigenvalue weighted by Gasteiger charge is -2.03. The van der Waals surface area contributed by atoms with E-state index in [1.807, 2.05) is 11.4 Å². The Balaban J connectivity index is 1.97. The van der Waals surface area contributed by atoms with Crippen molar-refractivity contribution in [2.45, 2.75) is 13.1 Å². The lowest BCUT2D eigenvalue weighted by Crippen LogP contribution is -2.12. The van der Waals surface area contributed by atoms with E-state index >= 15 is 0 Å². The van der Waals surface area contributed by atoms with Crippen LogP contribution >= 0.6 is 27.3 Å². The standard InChI is InChI=1S/C11H10BrN3O2S/c12-9-2-1-8(5-10(9)15(16)17)6-13-7-11-14-3-4-18-11/h1-5,13H,6-7H2. The van der Waals surface area contributed by atoms with Gasteiger partial charge in [0, 0.05) is 30.7 Å². The van der Waals surface area contributed by atoms with Gasteiger partial charge in [-0.3, -0.25) is 10.1 Å². The zero-order chi connectivity index (χ0) is 13.0. The number of thiazole rings is 1. The Kier molecular flexibility index (Phi) is 4.40. The molecule has 0 bridgehead atoms. The molecule has 1 N–H and O–H groups in total. The van der Waals surface area contributed by atoms with E-state index in [2.05, 4.69) is 26.2 Å². The fourth-order valence-electron chi connectivity index (χ4n) is 1.46. The van der Waals surface area contributed by atoms with Crippen molar-refractivity contribution in [2.24, 2.45) is 0 Å². The third kappa shape index (κ3) is 3.34. The van der Waals surface area contributed by atoms with E-state index in [1.165, 1.54) is 0 Å². The lowest BCUT2D eigenvalue weighted by molar-refractivity contribution is -0.385. The van der Waals surface area contributed by atoms with Crippen LogP contribution in [0.2, 0.25) is 0 Å². The molecule has 0 aliphatic heterocycles. The predicted molar refractivity (Wildman–Crippen MR) is 73.5 cm³/mol. The van der Waals surface area contributed by atoms with E-state index in [0.29, 0.717) is 17.6 Å². The summed E-state index contributed by atoms with van der Waals surface area (Å²) in [5, 5.41) is 16.9. The molecule has 0 spiro atoms. The minimum absolute atomic E-state index is 0.0866. The summed E-state index contributed by atoms with van der Waals surface area (Å²) in [6.07, 6.45) is 1.76. The Morgan fingerprint density at radius 2 is 2.28 bits per heavy atom. The third-order valence-corrected chi connectivity index (χ3v) is 3.75. The number of nitrogens with zero attached hydrogens (tertiary/aromatic N) is 2. The van der Waals surface area contributed by atoms with Crippen LogP contribution in [0.15, 0.2) is 34.2 Å². The second kappa shape index (κ2) is 6.03. The van der Waals surface area contributed by atoms with E-state index in [0.717, 1.165) is 10.6 Å². The van der Waals surface area contributed by atoms with Crippen LogP contribution in [0.5, 0.6) is 0 Å². The Hall–Kier alpha value is -1.31. The van der Waals surface area contributed by atoms with E-state index in [1.54, 1.807) is 29.7 Å². The molecule has 0 radical (unpaired) electrons. The zero-order valence-corrected chi connectivity index (χ0v) is 11.7. The van der Waals surface area contributed by atoms with Crippen LogP contribution in [0.1, 0.15) is 10.6 Å². The molecule has 0 fully saturated rings. The molecule has 1 aromatic heterocycles.